The van der Waals surface area contributed by atoms with Crippen LogP contribution in [-0.4, -0.2) is 27.5 Å². The molecule has 1 fully saturated rings. The fourth-order valence-corrected chi connectivity index (χ4v) is 2.71. The van der Waals surface area contributed by atoms with E-state index in [4.69, 9.17) is 16.3 Å². The zero-order valence-electron chi connectivity index (χ0n) is 11.4. The summed E-state index contributed by atoms with van der Waals surface area (Å²) in [5, 5.41) is 8.47. The third-order valence-electron chi connectivity index (χ3n) is 3.30. The Labute approximate surface area is 114 Å². The van der Waals surface area contributed by atoms with Crippen molar-refractivity contribution in [1.82, 2.24) is 14.8 Å². The van der Waals surface area contributed by atoms with Gasteiger partial charge in [-0.25, -0.2) is 0 Å². The summed E-state index contributed by atoms with van der Waals surface area (Å²) in [6, 6.07) is 0. The normalized spacial score (nSPS) is 20.6. The van der Waals surface area contributed by atoms with Gasteiger partial charge in [-0.1, -0.05) is 0 Å². The van der Waals surface area contributed by atoms with Crippen LogP contribution in [0.25, 0.3) is 0 Å². The number of alkyl halides is 1. The van der Waals surface area contributed by atoms with Gasteiger partial charge in [0.15, 0.2) is 0 Å². The number of hydrogen-bond acceptors (Lipinski definition) is 3. The van der Waals surface area contributed by atoms with E-state index in [1.165, 1.54) is 12.8 Å². The number of aryl methyl sites for hydroxylation is 1. The Bertz CT molecular complexity index is 391. The third kappa shape index (κ3) is 3.04. The van der Waals surface area contributed by atoms with E-state index in [1.54, 1.807) is 0 Å². The van der Waals surface area contributed by atoms with E-state index in [9.17, 15) is 0 Å². The second-order valence-electron chi connectivity index (χ2n) is 5.85. The van der Waals surface area contributed by atoms with Crippen LogP contribution in [0.15, 0.2) is 0 Å². The smallest absolute Gasteiger partial charge is 0.148 e. The summed E-state index contributed by atoms with van der Waals surface area (Å²) in [5.74, 6) is 2.28. The van der Waals surface area contributed by atoms with Crippen molar-refractivity contribution in [3.63, 3.8) is 0 Å². The molecule has 2 heterocycles. The Morgan fingerprint density at radius 3 is 2.61 bits per heavy atom. The van der Waals surface area contributed by atoms with Gasteiger partial charge < -0.3 is 9.30 Å². The highest BCUT2D eigenvalue weighted by atomic mass is 35.5. The molecule has 1 unspecified atom stereocenters. The quantitative estimate of drug-likeness (QED) is 0.791. The molecule has 1 atom stereocenters. The Balaban J connectivity index is 2.09. The van der Waals surface area contributed by atoms with E-state index in [0.29, 0.717) is 12.0 Å². The van der Waals surface area contributed by atoms with Gasteiger partial charge in [-0.2, -0.15) is 0 Å². The number of rotatable bonds is 4. The lowest BCUT2D eigenvalue weighted by Gasteiger charge is -2.24. The van der Waals surface area contributed by atoms with Gasteiger partial charge in [0.25, 0.3) is 0 Å². The Morgan fingerprint density at radius 2 is 2.06 bits per heavy atom. The first-order valence-electron chi connectivity index (χ1n) is 6.63. The van der Waals surface area contributed by atoms with Crippen molar-refractivity contribution in [1.29, 1.82) is 0 Å². The molecule has 1 aliphatic heterocycles. The molecule has 1 saturated heterocycles. The van der Waals surface area contributed by atoms with Crippen LogP contribution in [0, 0.1) is 0 Å². The summed E-state index contributed by atoms with van der Waals surface area (Å²) in [5.41, 5.74) is -0.0282. The lowest BCUT2D eigenvalue weighted by molar-refractivity contribution is 0.103. The number of ether oxygens (including phenoxy) is 1. The van der Waals surface area contributed by atoms with Crippen LogP contribution < -0.4 is 0 Å². The summed E-state index contributed by atoms with van der Waals surface area (Å²) < 4.78 is 7.81. The highest BCUT2D eigenvalue weighted by Crippen LogP contribution is 2.22. The molecule has 0 aromatic carbocycles. The van der Waals surface area contributed by atoms with Gasteiger partial charge in [0.05, 0.1) is 12.0 Å². The Morgan fingerprint density at radius 1 is 1.33 bits per heavy atom. The van der Waals surface area contributed by atoms with Crippen molar-refractivity contribution >= 4 is 11.6 Å². The summed E-state index contributed by atoms with van der Waals surface area (Å²) in [7, 11) is 0. The van der Waals surface area contributed by atoms with Crippen molar-refractivity contribution in [3.05, 3.63) is 11.6 Å². The van der Waals surface area contributed by atoms with Crippen LogP contribution in [0.3, 0.4) is 0 Å². The van der Waals surface area contributed by atoms with Crippen LogP contribution in [0.5, 0.6) is 0 Å². The molecule has 0 bridgehead atoms. The van der Waals surface area contributed by atoms with Crippen molar-refractivity contribution < 1.29 is 4.74 Å². The molecule has 0 saturated carbocycles. The third-order valence-corrected chi connectivity index (χ3v) is 3.54. The lowest BCUT2D eigenvalue weighted by atomic mass is 10.1. The minimum absolute atomic E-state index is 0.0282. The predicted octanol–water partition coefficient (Wildman–Crippen LogP) is 2.88. The van der Waals surface area contributed by atoms with E-state index in [0.717, 1.165) is 31.1 Å². The summed E-state index contributed by atoms with van der Waals surface area (Å²) >= 11 is 5.93. The van der Waals surface area contributed by atoms with Crippen LogP contribution >= 0.6 is 11.6 Å². The Hall–Kier alpha value is -0.610. The van der Waals surface area contributed by atoms with Crippen LogP contribution in [0.4, 0.5) is 0 Å². The first kappa shape index (κ1) is 13.8. The molecule has 18 heavy (non-hydrogen) atoms. The van der Waals surface area contributed by atoms with Crippen molar-refractivity contribution in [2.24, 2.45) is 0 Å². The van der Waals surface area contributed by atoms with E-state index >= 15 is 0 Å². The van der Waals surface area contributed by atoms with E-state index in [1.807, 2.05) is 0 Å². The van der Waals surface area contributed by atoms with Gasteiger partial charge >= 0.3 is 0 Å². The molecule has 1 aromatic rings. The largest absolute Gasteiger partial charge is 0.378 e. The maximum Gasteiger partial charge on any atom is 0.148 e. The van der Waals surface area contributed by atoms with E-state index in [2.05, 4.69) is 35.5 Å². The number of hydrogen-bond donors (Lipinski definition) is 0. The van der Waals surface area contributed by atoms with Gasteiger partial charge in [0.1, 0.15) is 11.6 Å². The van der Waals surface area contributed by atoms with E-state index in [-0.39, 0.29) is 5.54 Å². The lowest BCUT2D eigenvalue weighted by Crippen LogP contribution is -2.26. The summed E-state index contributed by atoms with van der Waals surface area (Å²) in [6.45, 7) is 7.37. The molecular weight excluding hydrogens is 250 g/mol. The Kier molecular flexibility index (Phi) is 4.28. The van der Waals surface area contributed by atoms with Crippen molar-refractivity contribution in [3.8, 4) is 0 Å². The molecule has 102 valence electrons. The fraction of sp³-hybridized carbons (Fsp3) is 0.846. The fourth-order valence-electron chi connectivity index (χ4n) is 2.54. The van der Waals surface area contributed by atoms with Crippen molar-refractivity contribution in [2.75, 3.05) is 6.61 Å². The molecule has 1 aromatic heterocycles. The average molecular weight is 272 g/mol. The van der Waals surface area contributed by atoms with Gasteiger partial charge in [-0.05, 0) is 40.0 Å². The van der Waals surface area contributed by atoms with Crippen molar-refractivity contribution in [2.45, 2.75) is 64.0 Å². The number of halogens is 1. The van der Waals surface area contributed by atoms with E-state index < -0.39 is 0 Å². The molecule has 0 radical (unpaired) electrons. The van der Waals surface area contributed by atoms with Gasteiger partial charge in [0.2, 0.25) is 0 Å². The molecule has 0 spiro atoms. The standard InChI is InChI=1S/C13H22ClN3O/c1-13(2,3)17-11(15-16-12(17)9-14)7-6-10-5-4-8-18-10/h10H,4-9H2,1-3H3. The summed E-state index contributed by atoms with van der Waals surface area (Å²) in [6.07, 6.45) is 4.69. The van der Waals surface area contributed by atoms with Crippen LogP contribution in [0.1, 0.15) is 51.7 Å². The predicted molar refractivity (Wildman–Crippen MR) is 71.9 cm³/mol. The number of aromatic nitrogens is 3. The molecule has 2 rings (SSSR count). The highest BCUT2D eigenvalue weighted by Gasteiger charge is 2.23. The summed E-state index contributed by atoms with van der Waals surface area (Å²) in [4.78, 5) is 0. The van der Waals surface area contributed by atoms with Crippen LogP contribution in [-0.2, 0) is 22.6 Å². The van der Waals surface area contributed by atoms with Gasteiger partial charge in [0, 0.05) is 18.6 Å². The molecule has 0 aliphatic carbocycles. The second kappa shape index (κ2) is 5.57. The molecule has 0 amide bonds. The minimum atomic E-state index is -0.0282. The molecule has 5 heteroatoms. The monoisotopic (exact) mass is 271 g/mol. The SMILES string of the molecule is CC(C)(C)n1c(CCl)nnc1CCC1CCCO1. The maximum absolute atomic E-state index is 5.93. The topological polar surface area (TPSA) is 39.9 Å². The molecular formula is C13H22ClN3O. The van der Waals surface area contributed by atoms with Gasteiger partial charge in [-0.15, -0.1) is 21.8 Å². The molecule has 0 N–H and O–H groups in total. The zero-order chi connectivity index (χ0) is 13.2. The first-order chi connectivity index (χ1) is 8.52. The zero-order valence-corrected chi connectivity index (χ0v) is 12.2. The number of nitrogens with zero attached hydrogens (tertiary/aromatic N) is 3. The first-order valence-corrected chi connectivity index (χ1v) is 7.17. The maximum atomic E-state index is 5.93. The van der Waals surface area contributed by atoms with Crippen LogP contribution in [0.2, 0.25) is 0 Å². The van der Waals surface area contributed by atoms with Gasteiger partial charge in [-0.3, -0.25) is 0 Å². The second-order valence-corrected chi connectivity index (χ2v) is 6.11. The minimum Gasteiger partial charge on any atom is -0.378 e. The molecule has 1 aliphatic rings. The average Bonchev–Trinajstić information content (AvgIpc) is 2.94. The highest BCUT2D eigenvalue weighted by molar-refractivity contribution is 6.16. The molecule has 4 nitrogen and oxygen atoms in total.